The molecule has 1 heterocycles. The highest BCUT2D eigenvalue weighted by Crippen LogP contribution is 2.34. The van der Waals surface area contributed by atoms with Crippen molar-refractivity contribution in [1.82, 2.24) is 10.2 Å². The summed E-state index contributed by atoms with van der Waals surface area (Å²) in [5.74, 6) is -0.0386. The Morgan fingerprint density at radius 2 is 2.05 bits per heavy atom. The van der Waals surface area contributed by atoms with Gasteiger partial charge in [-0.05, 0) is 49.9 Å². The molecule has 1 N–H and O–H groups in total. The first-order chi connectivity index (χ1) is 9.79. The SMILES string of the molecule is O=C(CCl)NC1c2ccccc2CCC1N1CCCC1. The van der Waals surface area contributed by atoms with Crippen LogP contribution in [0.2, 0.25) is 0 Å². The molecule has 2 aliphatic rings. The Morgan fingerprint density at radius 3 is 2.80 bits per heavy atom. The molecule has 20 heavy (non-hydrogen) atoms. The van der Waals surface area contributed by atoms with Gasteiger partial charge >= 0.3 is 0 Å². The van der Waals surface area contributed by atoms with Crippen LogP contribution in [-0.2, 0) is 11.2 Å². The van der Waals surface area contributed by atoms with Crippen molar-refractivity contribution in [1.29, 1.82) is 0 Å². The molecular weight excluding hydrogens is 272 g/mol. The van der Waals surface area contributed by atoms with Crippen molar-refractivity contribution < 1.29 is 4.79 Å². The number of carbonyl (C=O) groups is 1. The summed E-state index contributed by atoms with van der Waals surface area (Å²) < 4.78 is 0. The number of hydrogen-bond acceptors (Lipinski definition) is 2. The highest BCUT2D eigenvalue weighted by molar-refractivity contribution is 6.27. The molecule has 2 atom stereocenters. The average Bonchev–Trinajstić information content (AvgIpc) is 3.01. The van der Waals surface area contributed by atoms with Gasteiger partial charge in [-0.25, -0.2) is 0 Å². The lowest BCUT2D eigenvalue weighted by Crippen LogP contribution is -2.48. The number of fused-ring (bicyclic) bond motifs is 1. The summed E-state index contributed by atoms with van der Waals surface area (Å²) in [5.41, 5.74) is 2.64. The van der Waals surface area contributed by atoms with E-state index in [0.717, 1.165) is 25.9 Å². The number of aryl methyl sites for hydroxylation is 1. The molecule has 3 rings (SSSR count). The molecule has 1 aromatic rings. The molecule has 1 aromatic carbocycles. The number of amides is 1. The minimum atomic E-state index is -0.0717. The largest absolute Gasteiger partial charge is 0.347 e. The van der Waals surface area contributed by atoms with Crippen LogP contribution in [-0.4, -0.2) is 35.8 Å². The van der Waals surface area contributed by atoms with Crippen molar-refractivity contribution in [3.05, 3.63) is 35.4 Å². The minimum Gasteiger partial charge on any atom is -0.347 e. The Labute approximate surface area is 125 Å². The zero-order chi connectivity index (χ0) is 13.9. The zero-order valence-corrected chi connectivity index (χ0v) is 12.4. The van der Waals surface area contributed by atoms with Crippen molar-refractivity contribution in [2.75, 3.05) is 19.0 Å². The maximum Gasteiger partial charge on any atom is 0.235 e. The topological polar surface area (TPSA) is 32.3 Å². The van der Waals surface area contributed by atoms with E-state index in [4.69, 9.17) is 11.6 Å². The molecule has 0 spiro atoms. The molecular formula is C16H21ClN2O. The highest BCUT2D eigenvalue weighted by Gasteiger charge is 2.35. The van der Waals surface area contributed by atoms with Crippen molar-refractivity contribution in [2.24, 2.45) is 0 Å². The van der Waals surface area contributed by atoms with Gasteiger partial charge in [0.1, 0.15) is 5.88 Å². The lowest BCUT2D eigenvalue weighted by molar-refractivity contribution is -0.120. The van der Waals surface area contributed by atoms with E-state index in [1.54, 1.807) is 0 Å². The fourth-order valence-electron chi connectivity index (χ4n) is 3.60. The molecule has 0 saturated carbocycles. The van der Waals surface area contributed by atoms with E-state index >= 15 is 0 Å². The number of nitrogens with zero attached hydrogens (tertiary/aromatic N) is 1. The van der Waals surface area contributed by atoms with E-state index in [1.165, 1.54) is 24.0 Å². The summed E-state index contributed by atoms with van der Waals surface area (Å²) in [6, 6.07) is 8.97. The van der Waals surface area contributed by atoms with Gasteiger partial charge in [-0.1, -0.05) is 24.3 Å². The minimum absolute atomic E-state index is 0.0331. The van der Waals surface area contributed by atoms with Crippen molar-refractivity contribution in [3.8, 4) is 0 Å². The van der Waals surface area contributed by atoms with Crippen LogP contribution in [0.3, 0.4) is 0 Å². The molecule has 0 bridgehead atoms. The molecule has 0 aromatic heterocycles. The Balaban J connectivity index is 1.88. The highest BCUT2D eigenvalue weighted by atomic mass is 35.5. The summed E-state index contributed by atoms with van der Waals surface area (Å²) in [7, 11) is 0. The van der Waals surface area contributed by atoms with Crippen LogP contribution in [0, 0.1) is 0 Å². The molecule has 4 heteroatoms. The molecule has 108 valence electrons. The third-order valence-corrected chi connectivity index (χ3v) is 4.77. The first-order valence-electron chi connectivity index (χ1n) is 7.47. The van der Waals surface area contributed by atoms with Gasteiger partial charge in [0.15, 0.2) is 0 Å². The number of likely N-dealkylation sites (tertiary alicyclic amines) is 1. The second-order valence-corrected chi connectivity index (χ2v) is 5.99. The predicted octanol–water partition coefficient (Wildman–Crippen LogP) is 2.49. The van der Waals surface area contributed by atoms with Crippen molar-refractivity contribution in [2.45, 2.75) is 37.8 Å². The van der Waals surface area contributed by atoms with Crippen molar-refractivity contribution in [3.63, 3.8) is 0 Å². The molecule has 2 unspecified atom stereocenters. The monoisotopic (exact) mass is 292 g/mol. The molecule has 1 aliphatic carbocycles. The molecule has 1 fully saturated rings. The van der Waals surface area contributed by atoms with Crippen LogP contribution in [0.1, 0.15) is 36.4 Å². The number of carbonyl (C=O) groups excluding carboxylic acids is 1. The summed E-state index contributed by atoms with van der Waals surface area (Å²) in [6.07, 6.45) is 4.76. The average molecular weight is 293 g/mol. The van der Waals surface area contributed by atoms with Gasteiger partial charge in [0.2, 0.25) is 5.91 Å². The van der Waals surface area contributed by atoms with Gasteiger partial charge < -0.3 is 5.32 Å². The smallest absolute Gasteiger partial charge is 0.235 e. The van der Waals surface area contributed by atoms with E-state index in [2.05, 4.69) is 34.5 Å². The summed E-state index contributed by atoms with van der Waals surface area (Å²) in [5, 5.41) is 3.14. The molecule has 1 amide bonds. The first-order valence-corrected chi connectivity index (χ1v) is 8.00. The number of nitrogens with one attached hydrogen (secondary N) is 1. The van der Waals surface area contributed by atoms with Crippen LogP contribution in [0.4, 0.5) is 0 Å². The van der Waals surface area contributed by atoms with Crippen LogP contribution in [0.15, 0.2) is 24.3 Å². The van der Waals surface area contributed by atoms with Gasteiger partial charge in [-0.2, -0.15) is 0 Å². The van der Waals surface area contributed by atoms with E-state index in [0.29, 0.717) is 6.04 Å². The van der Waals surface area contributed by atoms with Crippen LogP contribution >= 0.6 is 11.6 Å². The number of halogens is 1. The predicted molar refractivity (Wildman–Crippen MR) is 81.0 cm³/mol. The summed E-state index contributed by atoms with van der Waals surface area (Å²) >= 11 is 5.68. The van der Waals surface area contributed by atoms with Gasteiger partial charge in [0.25, 0.3) is 0 Å². The Kier molecular flexibility index (Phi) is 4.27. The number of hydrogen-bond donors (Lipinski definition) is 1. The van der Waals surface area contributed by atoms with E-state index in [-0.39, 0.29) is 17.8 Å². The summed E-state index contributed by atoms with van der Waals surface area (Å²) in [4.78, 5) is 14.3. The fraction of sp³-hybridized carbons (Fsp3) is 0.562. The van der Waals surface area contributed by atoms with Gasteiger partial charge in [0, 0.05) is 6.04 Å². The van der Waals surface area contributed by atoms with Crippen LogP contribution in [0.25, 0.3) is 0 Å². The van der Waals surface area contributed by atoms with Crippen LogP contribution in [0.5, 0.6) is 0 Å². The Morgan fingerprint density at radius 1 is 1.30 bits per heavy atom. The normalized spacial score (nSPS) is 26.2. The van der Waals surface area contributed by atoms with Crippen molar-refractivity contribution >= 4 is 17.5 Å². The number of rotatable bonds is 3. The third kappa shape index (κ3) is 2.70. The number of benzene rings is 1. The fourth-order valence-corrected chi connectivity index (χ4v) is 3.67. The second kappa shape index (κ2) is 6.15. The van der Waals surface area contributed by atoms with Gasteiger partial charge in [0.05, 0.1) is 6.04 Å². The molecule has 0 radical (unpaired) electrons. The maximum atomic E-state index is 11.8. The Bertz CT molecular complexity index is 485. The molecule has 1 saturated heterocycles. The standard InChI is InChI=1S/C16H21ClN2O/c17-11-15(20)18-16-13-6-2-1-5-12(13)7-8-14(16)19-9-3-4-10-19/h1-2,5-6,14,16H,3-4,7-11H2,(H,18,20). The first kappa shape index (κ1) is 13.9. The lowest BCUT2D eigenvalue weighted by Gasteiger charge is -2.39. The molecule has 3 nitrogen and oxygen atoms in total. The van der Waals surface area contributed by atoms with Gasteiger partial charge in [-0.15, -0.1) is 11.6 Å². The quantitative estimate of drug-likeness (QED) is 0.868. The maximum absolute atomic E-state index is 11.8. The summed E-state index contributed by atoms with van der Waals surface area (Å²) in [6.45, 7) is 2.31. The zero-order valence-electron chi connectivity index (χ0n) is 11.6. The van der Waals surface area contributed by atoms with E-state index in [1.807, 2.05) is 0 Å². The van der Waals surface area contributed by atoms with Gasteiger partial charge in [-0.3, -0.25) is 9.69 Å². The number of alkyl halides is 1. The molecule has 1 aliphatic heterocycles. The second-order valence-electron chi connectivity index (χ2n) is 5.73. The van der Waals surface area contributed by atoms with E-state index in [9.17, 15) is 4.79 Å². The third-order valence-electron chi connectivity index (χ3n) is 4.53. The van der Waals surface area contributed by atoms with E-state index < -0.39 is 0 Å². The Hall–Kier alpha value is -1.06. The van der Waals surface area contributed by atoms with Crippen LogP contribution < -0.4 is 5.32 Å². The lowest BCUT2D eigenvalue weighted by atomic mass is 9.83.